The van der Waals surface area contributed by atoms with Crippen LogP contribution in [-0.4, -0.2) is 38.7 Å². The summed E-state index contributed by atoms with van der Waals surface area (Å²) >= 11 is 0. The van der Waals surface area contributed by atoms with Gasteiger partial charge in [-0.3, -0.25) is 9.48 Å². The monoisotopic (exact) mass is 356 g/mol. The zero-order valence-corrected chi connectivity index (χ0v) is 14.3. The van der Waals surface area contributed by atoms with E-state index in [1.165, 1.54) is 0 Å². The summed E-state index contributed by atoms with van der Waals surface area (Å²) in [6, 6.07) is 6.83. The van der Waals surface area contributed by atoms with Gasteiger partial charge in [-0.2, -0.15) is 5.10 Å². The van der Waals surface area contributed by atoms with Gasteiger partial charge in [0.2, 0.25) is 0 Å². The highest BCUT2D eigenvalue weighted by Gasteiger charge is 2.28. The third kappa shape index (κ3) is 2.94. The summed E-state index contributed by atoms with van der Waals surface area (Å²) in [5.41, 5.74) is 1.89. The molecule has 1 aliphatic heterocycles. The van der Waals surface area contributed by atoms with Crippen LogP contribution < -0.4 is 0 Å². The van der Waals surface area contributed by atoms with Crippen molar-refractivity contribution in [2.75, 3.05) is 13.1 Å². The topological polar surface area (TPSA) is 51.0 Å². The molecular formula is C19H18F2N4O. The highest BCUT2D eigenvalue weighted by molar-refractivity contribution is 5.94. The number of carbonyl (C=O) groups is 1. The first kappa shape index (κ1) is 16.6. The molecule has 0 N–H and O–H groups in total. The van der Waals surface area contributed by atoms with E-state index in [1.54, 1.807) is 15.8 Å². The summed E-state index contributed by atoms with van der Waals surface area (Å²) < 4.78 is 28.5. The Balaban J connectivity index is 1.51. The summed E-state index contributed by atoms with van der Waals surface area (Å²) in [6.07, 6.45) is 3.25. The van der Waals surface area contributed by atoms with Gasteiger partial charge < -0.3 is 4.90 Å². The minimum atomic E-state index is -0.740. The summed E-state index contributed by atoms with van der Waals surface area (Å²) in [7, 11) is 1.87. The SMILES string of the molecule is Cn1nc(C2CCN(C(=O)c3cc(F)cc(F)c3)CC2)c2cccnc21. The lowest BCUT2D eigenvalue weighted by Gasteiger charge is -2.31. The van der Waals surface area contributed by atoms with Crippen molar-refractivity contribution in [2.45, 2.75) is 18.8 Å². The van der Waals surface area contributed by atoms with Gasteiger partial charge in [0.1, 0.15) is 11.6 Å². The van der Waals surface area contributed by atoms with Gasteiger partial charge in [0, 0.05) is 49.3 Å². The number of likely N-dealkylation sites (tertiary alicyclic amines) is 1. The Morgan fingerprint density at radius 3 is 2.54 bits per heavy atom. The maximum atomic E-state index is 13.4. The van der Waals surface area contributed by atoms with Gasteiger partial charge in [-0.15, -0.1) is 0 Å². The summed E-state index contributed by atoms with van der Waals surface area (Å²) in [6.45, 7) is 1.06. The number of hydrogen-bond acceptors (Lipinski definition) is 3. The van der Waals surface area contributed by atoms with Crippen molar-refractivity contribution >= 4 is 16.9 Å². The van der Waals surface area contributed by atoms with Crippen molar-refractivity contribution in [1.82, 2.24) is 19.7 Å². The third-order valence-corrected chi connectivity index (χ3v) is 4.91. The molecule has 7 heteroatoms. The predicted octanol–water partition coefficient (Wildman–Crippen LogP) is 3.27. The summed E-state index contributed by atoms with van der Waals surface area (Å²) in [5, 5.41) is 5.65. The van der Waals surface area contributed by atoms with Crippen molar-refractivity contribution in [3.05, 3.63) is 59.4 Å². The number of nitrogens with zero attached hydrogens (tertiary/aromatic N) is 4. The van der Waals surface area contributed by atoms with Crippen LogP contribution in [0.15, 0.2) is 36.5 Å². The normalized spacial score (nSPS) is 15.6. The van der Waals surface area contributed by atoms with Gasteiger partial charge in [-0.1, -0.05) is 0 Å². The molecule has 1 fully saturated rings. The number of aryl methyl sites for hydroxylation is 1. The molecule has 0 radical (unpaired) electrons. The predicted molar refractivity (Wildman–Crippen MR) is 92.7 cm³/mol. The Labute approximate surface area is 149 Å². The second-order valence-electron chi connectivity index (χ2n) is 6.61. The minimum Gasteiger partial charge on any atom is -0.339 e. The number of hydrogen-bond donors (Lipinski definition) is 0. The maximum absolute atomic E-state index is 13.4. The number of carbonyl (C=O) groups excluding carboxylic acids is 1. The van der Waals surface area contributed by atoms with Crippen LogP contribution in [0.3, 0.4) is 0 Å². The van der Waals surface area contributed by atoms with E-state index < -0.39 is 11.6 Å². The van der Waals surface area contributed by atoms with E-state index in [2.05, 4.69) is 10.1 Å². The number of benzene rings is 1. The molecule has 0 spiro atoms. The molecule has 2 aromatic heterocycles. The second kappa shape index (κ2) is 6.48. The standard InChI is InChI=1S/C19H18F2N4O/c1-24-18-16(3-2-6-22-18)17(23-24)12-4-7-25(8-5-12)19(26)13-9-14(20)11-15(21)10-13/h2-3,6,9-12H,4-5,7-8H2,1H3. The Morgan fingerprint density at radius 1 is 1.15 bits per heavy atom. The van der Waals surface area contributed by atoms with Crippen LogP contribution in [0.2, 0.25) is 0 Å². The number of fused-ring (bicyclic) bond motifs is 1. The lowest BCUT2D eigenvalue weighted by Crippen LogP contribution is -2.38. The minimum absolute atomic E-state index is 0.0495. The van der Waals surface area contributed by atoms with Crippen LogP contribution in [-0.2, 0) is 7.05 Å². The molecule has 1 amide bonds. The molecule has 3 heterocycles. The Bertz CT molecular complexity index is 957. The zero-order valence-electron chi connectivity index (χ0n) is 14.3. The molecule has 134 valence electrons. The average Bonchev–Trinajstić information content (AvgIpc) is 2.98. The lowest BCUT2D eigenvalue weighted by molar-refractivity contribution is 0.0711. The lowest BCUT2D eigenvalue weighted by atomic mass is 9.91. The van der Waals surface area contributed by atoms with Crippen LogP contribution in [0, 0.1) is 11.6 Å². The molecular weight excluding hydrogens is 338 g/mol. The van der Waals surface area contributed by atoms with Crippen LogP contribution >= 0.6 is 0 Å². The summed E-state index contributed by atoms with van der Waals surface area (Å²) in [5.74, 6) is -1.59. The third-order valence-electron chi connectivity index (χ3n) is 4.91. The van der Waals surface area contributed by atoms with Crippen LogP contribution in [0.25, 0.3) is 11.0 Å². The molecule has 0 unspecified atom stereocenters. The number of rotatable bonds is 2. The largest absolute Gasteiger partial charge is 0.339 e. The van der Waals surface area contributed by atoms with Gasteiger partial charge in [0.25, 0.3) is 5.91 Å². The number of amides is 1. The van der Waals surface area contributed by atoms with E-state index in [0.717, 1.165) is 47.8 Å². The molecule has 0 saturated carbocycles. The van der Waals surface area contributed by atoms with E-state index in [4.69, 9.17) is 0 Å². The molecule has 0 atom stereocenters. The van der Waals surface area contributed by atoms with Crippen molar-refractivity contribution < 1.29 is 13.6 Å². The first-order valence-corrected chi connectivity index (χ1v) is 8.56. The average molecular weight is 356 g/mol. The van der Waals surface area contributed by atoms with E-state index >= 15 is 0 Å². The molecule has 26 heavy (non-hydrogen) atoms. The second-order valence-corrected chi connectivity index (χ2v) is 6.61. The highest BCUT2D eigenvalue weighted by atomic mass is 19.1. The Kier molecular flexibility index (Phi) is 4.14. The number of aromatic nitrogens is 3. The highest BCUT2D eigenvalue weighted by Crippen LogP contribution is 2.32. The van der Waals surface area contributed by atoms with Crippen LogP contribution in [0.5, 0.6) is 0 Å². The van der Waals surface area contributed by atoms with Gasteiger partial charge in [0.15, 0.2) is 5.65 Å². The summed E-state index contributed by atoms with van der Waals surface area (Å²) in [4.78, 5) is 18.5. The van der Waals surface area contributed by atoms with E-state index in [1.807, 2.05) is 19.2 Å². The zero-order chi connectivity index (χ0) is 18.3. The van der Waals surface area contributed by atoms with Crippen molar-refractivity contribution in [2.24, 2.45) is 7.05 Å². The first-order chi connectivity index (χ1) is 12.5. The molecule has 1 aromatic carbocycles. The molecule has 0 aliphatic carbocycles. The smallest absolute Gasteiger partial charge is 0.254 e. The van der Waals surface area contributed by atoms with E-state index in [-0.39, 0.29) is 17.4 Å². The molecule has 0 bridgehead atoms. The molecule has 1 aliphatic rings. The fourth-order valence-electron chi connectivity index (χ4n) is 3.64. The quantitative estimate of drug-likeness (QED) is 0.708. The maximum Gasteiger partial charge on any atom is 0.254 e. The Hall–Kier alpha value is -2.83. The first-order valence-electron chi connectivity index (χ1n) is 8.56. The van der Waals surface area contributed by atoms with Crippen molar-refractivity contribution in [3.63, 3.8) is 0 Å². The van der Waals surface area contributed by atoms with Crippen molar-refractivity contribution in [3.8, 4) is 0 Å². The fourth-order valence-corrected chi connectivity index (χ4v) is 3.64. The number of piperidine rings is 1. The number of pyridine rings is 1. The van der Waals surface area contributed by atoms with Crippen LogP contribution in [0.4, 0.5) is 8.78 Å². The number of halogens is 2. The molecule has 4 rings (SSSR count). The van der Waals surface area contributed by atoms with E-state index in [9.17, 15) is 13.6 Å². The van der Waals surface area contributed by atoms with Gasteiger partial charge in [-0.05, 0) is 37.1 Å². The molecule has 1 saturated heterocycles. The Morgan fingerprint density at radius 2 is 1.85 bits per heavy atom. The van der Waals surface area contributed by atoms with Gasteiger partial charge >= 0.3 is 0 Å². The van der Waals surface area contributed by atoms with Crippen LogP contribution in [0.1, 0.15) is 34.8 Å². The molecule has 5 nitrogen and oxygen atoms in total. The van der Waals surface area contributed by atoms with E-state index in [0.29, 0.717) is 13.1 Å². The molecule has 3 aromatic rings. The van der Waals surface area contributed by atoms with Crippen molar-refractivity contribution in [1.29, 1.82) is 0 Å². The van der Waals surface area contributed by atoms with Gasteiger partial charge in [0.05, 0.1) is 5.69 Å². The van der Waals surface area contributed by atoms with Gasteiger partial charge in [-0.25, -0.2) is 13.8 Å². The fraction of sp³-hybridized carbons (Fsp3) is 0.316.